The van der Waals surface area contributed by atoms with Crippen molar-refractivity contribution in [1.29, 1.82) is 5.26 Å². The van der Waals surface area contributed by atoms with E-state index in [0.29, 0.717) is 30.8 Å². The van der Waals surface area contributed by atoms with Crippen LogP contribution in [0, 0.1) is 48.7 Å². The number of anilines is 1. The first-order valence-corrected chi connectivity index (χ1v) is 11.6. The monoisotopic (exact) mass is 465 g/mol. The second-order valence-corrected chi connectivity index (χ2v) is 9.31. The Balaban J connectivity index is 1.43. The number of ether oxygens (including phenoxy) is 1. The van der Waals surface area contributed by atoms with Crippen molar-refractivity contribution in [3.8, 4) is 6.07 Å². The molecule has 0 aliphatic heterocycles. The van der Waals surface area contributed by atoms with Crippen LogP contribution in [-0.4, -0.2) is 28.8 Å². The van der Waals surface area contributed by atoms with Gasteiger partial charge in [-0.3, -0.25) is 14.4 Å². The zero-order valence-corrected chi connectivity index (χ0v) is 19.4. The maximum atomic E-state index is 13.3. The van der Waals surface area contributed by atoms with Crippen molar-refractivity contribution in [3.05, 3.63) is 52.5 Å². The van der Waals surface area contributed by atoms with Gasteiger partial charge in [-0.25, -0.2) is 4.39 Å². The standard InChI is InChI=1S/C26H28FN3O4/c1-15-16(2)30(13-17-6-8-21(27)9-7-17)25(22(15)12-28)29-23(31)14-34-26(33)20-10-18-4-3-5-19(11-20)24(18)32/h6-9,18-20H,3-5,10-11,13-14H2,1-2H3,(H,29,31). The molecule has 0 saturated heterocycles. The van der Waals surface area contributed by atoms with Gasteiger partial charge in [0.25, 0.3) is 5.91 Å². The number of amides is 1. The summed E-state index contributed by atoms with van der Waals surface area (Å²) in [5, 5.41) is 12.4. The zero-order chi connectivity index (χ0) is 24.4. The number of esters is 1. The molecule has 1 heterocycles. The average Bonchev–Trinajstić information content (AvgIpc) is 3.02. The molecule has 2 aromatic rings. The third kappa shape index (κ3) is 4.74. The summed E-state index contributed by atoms with van der Waals surface area (Å²) in [6.07, 6.45) is 3.64. The molecule has 2 bridgehead atoms. The third-order valence-corrected chi connectivity index (χ3v) is 7.18. The van der Waals surface area contributed by atoms with Crippen LogP contribution in [0.3, 0.4) is 0 Å². The molecule has 1 aromatic heterocycles. The number of nitriles is 1. The number of rotatable bonds is 6. The van der Waals surface area contributed by atoms with Gasteiger partial charge in [-0.1, -0.05) is 18.6 Å². The van der Waals surface area contributed by atoms with E-state index in [1.54, 1.807) is 23.6 Å². The Hall–Kier alpha value is -3.47. The van der Waals surface area contributed by atoms with E-state index < -0.39 is 18.5 Å². The summed E-state index contributed by atoms with van der Waals surface area (Å²) in [4.78, 5) is 37.5. The van der Waals surface area contributed by atoms with Crippen LogP contribution < -0.4 is 5.32 Å². The van der Waals surface area contributed by atoms with E-state index in [1.807, 2.05) is 6.92 Å². The summed E-state index contributed by atoms with van der Waals surface area (Å²) in [6, 6.07) is 8.14. The number of ketones is 1. The van der Waals surface area contributed by atoms with Crippen LogP contribution >= 0.6 is 0 Å². The Morgan fingerprint density at radius 3 is 2.44 bits per heavy atom. The molecular weight excluding hydrogens is 437 g/mol. The molecule has 2 aliphatic carbocycles. The van der Waals surface area contributed by atoms with Gasteiger partial charge in [-0.15, -0.1) is 0 Å². The first-order valence-electron chi connectivity index (χ1n) is 11.6. The Morgan fingerprint density at radius 1 is 1.18 bits per heavy atom. The van der Waals surface area contributed by atoms with E-state index >= 15 is 0 Å². The van der Waals surface area contributed by atoms with Crippen LogP contribution in [0.15, 0.2) is 24.3 Å². The van der Waals surface area contributed by atoms with Crippen molar-refractivity contribution in [2.24, 2.45) is 17.8 Å². The van der Waals surface area contributed by atoms with E-state index in [1.165, 1.54) is 12.1 Å². The molecule has 1 aromatic carbocycles. The first-order chi connectivity index (χ1) is 16.3. The quantitative estimate of drug-likeness (QED) is 0.649. The van der Waals surface area contributed by atoms with E-state index in [9.17, 15) is 24.0 Å². The van der Waals surface area contributed by atoms with Crippen molar-refractivity contribution in [1.82, 2.24) is 4.57 Å². The molecule has 0 spiro atoms. The second kappa shape index (κ2) is 9.80. The number of carbonyl (C=O) groups excluding carboxylic acids is 3. The number of halogens is 1. The Bertz CT molecular complexity index is 1150. The molecule has 7 nitrogen and oxygen atoms in total. The number of fused-ring (bicyclic) bond motifs is 2. The average molecular weight is 466 g/mol. The number of Topliss-reactive ketones (excluding diaryl/α,β-unsaturated/α-hetero) is 1. The number of nitrogens with zero attached hydrogens (tertiary/aromatic N) is 2. The van der Waals surface area contributed by atoms with Gasteiger partial charge in [0.2, 0.25) is 0 Å². The topological polar surface area (TPSA) is 101 Å². The fraction of sp³-hybridized carbons (Fsp3) is 0.462. The lowest BCUT2D eigenvalue weighted by Gasteiger charge is -2.36. The predicted octanol–water partition coefficient (Wildman–Crippen LogP) is 4.04. The molecule has 2 atom stereocenters. The number of hydrogen-bond acceptors (Lipinski definition) is 5. The molecular formula is C26H28FN3O4. The third-order valence-electron chi connectivity index (χ3n) is 7.18. The minimum Gasteiger partial charge on any atom is -0.455 e. The maximum Gasteiger partial charge on any atom is 0.309 e. The van der Waals surface area contributed by atoms with Crippen molar-refractivity contribution in [2.45, 2.75) is 52.5 Å². The molecule has 8 heteroatoms. The molecule has 34 heavy (non-hydrogen) atoms. The maximum absolute atomic E-state index is 13.3. The summed E-state index contributed by atoms with van der Waals surface area (Å²) in [5.41, 5.74) is 2.67. The van der Waals surface area contributed by atoms with Gasteiger partial charge in [0, 0.05) is 24.1 Å². The van der Waals surface area contributed by atoms with Crippen LogP contribution in [0.4, 0.5) is 10.2 Å². The summed E-state index contributed by atoms with van der Waals surface area (Å²) in [6.45, 7) is 3.51. The van der Waals surface area contributed by atoms with Crippen molar-refractivity contribution in [3.63, 3.8) is 0 Å². The Labute approximate surface area is 197 Å². The van der Waals surface area contributed by atoms with Gasteiger partial charge in [-0.05, 0) is 62.8 Å². The molecule has 4 rings (SSSR count). The SMILES string of the molecule is Cc1c(C#N)c(NC(=O)COC(=O)C2CC3CCCC(C2)C3=O)n(Cc2ccc(F)cc2)c1C. The molecule has 1 amide bonds. The van der Waals surface area contributed by atoms with Crippen molar-refractivity contribution in [2.75, 3.05) is 11.9 Å². The number of nitrogens with one attached hydrogen (secondary N) is 1. The summed E-state index contributed by atoms with van der Waals surface area (Å²) in [7, 11) is 0. The number of hydrogen-bond donors (Lipinski definition) is 1. The van der Waals surface area contributed by atoms with E-state index in [0.717, 1.165) is 36.1 Å². The highest BCUT2D eigenvalue weighted by Gasteiger charge is 2.41. The van der Waals surface area contributed by atoms with Crippen molar-refractivity contribution >= 4 is 23.5 Å². The molecule has 2 aliphatic rings. The summed E-state index contributed by atoms with van der Waals surface area (Å²) >= 11 is 0. The Kier molecular flexibility index (Phi) is 6.82. The van der Waals surface area contributed by atoms with Crippen LogP contribution in [0.5, 0.6) is 0 Å². The lowest BCUT2D eigenvalue weighted by atomic mass is 9.67. The normalized spacial score (nSPS) is 21.6. The van der Waals surface area contributed by atoms with E-state index in [4.69, 9.17) is 4.74 Å². The molecule has 1 N–H and O–H groups in total. The lowest BCUT2D eigenvalue weighted by molar-refractivity contribution is -0.155. The highest BCUT2D eigenvalue weighted by atomic mass is 19.1. The molecule has 2 saturated carbocycles. The second-order valence-electron chi connectivity index (χ2n) is 9.31. The number of carbonyl (C=O) groups is 3. The first kappa shape index (κ1) is 23.7. The predicted molar refractivity (Wildman–Crippen MR) is 122 cm³/mol. The smallest absolute Gasteiger partial charge is 0.309 e. The minimum atomic E-state index is -0.546. The summed E-state index contributed by atoms with van der Waals surface area (Å²) in [5.74, 6) is -1.25. The van der Waals surface area contributed by atoms with Gasteiger partial charge in [-0.2, -0.15) is 5.26 Å². The fourth-order valence-corrected chi connectivity index (χ4v) is 5.20. The Morgan fingerprint density at radius 2 is 1.82 bits per heavy atom. The van der Waals surface area contributed by atoms with E-state index in [2.05, 4.69) is 11.4 Å². The van der Waals surface area contributed by atoms with Crippen LogP contribution in [0.25, 0.3) is 0 Å². The van der Waals surface area contributed by atoms with Gasteiger partial charge < -0.3 is 14.6 Å². The molecule has 2 unspecified atom stereocenters. The van der Waals surface area contributed by atoms with E-state index in [-0.39, 0.29) is 29.4 Å². The highest BCUT2D eigenvalue weighted by Crippen LogP contribution is 2.40. The fourth-order valence-electron chi connectivity index (χ4n) is 5.20. The largest absolute Gasteiger partial charge is 0.455 e. The van der Waals surface area contributed by atoms with Crippen LogP contribution in [0.2, 0.25) is 0 Å². The number of benzene rings is 1. The highest BCUT2D eigenvalue weighted by molar-refractivity contribution is 5.94. The number of aromatic nitrogens is 1. The zero-order valence-electron chi connectivity index (χ0n) is 19.4. The van der Waals surface area contributed by atoms with Gasteiger partial charge in [0.15, 0.2) is 6.61 Å². The molecule has 2 fully saturated rings. The van der Waals surface area contributed by atoms with Crippen LogP contribution in [-0.2, 0) is 25.7 Å². The van der Waals surface area contributed by atoms with Gasteiger partial charge >= 0.3 is 5.97 Å². The summed E-state index contributed by atoms with van der Waals surface area (Å²) < 4.78 is 20.4. The lowest BCUT2D eigenvalue weighted by Crippen LogP contribution is -2.40. The minimum absolute atomic E-state index is 0.0715. The molecule has 178 valence electrons. The van der Waals surface area contributed by atoms with Gasteiger partial charge in [0.1, 0.15) is 23.5 Å². The van der Waals surface area contributed by atoms with Crippen molar-refractivity contribution < 1.29 is 23.5 Å². The van der Waals surface area contributed by atoms with Gasteiger partial charge in [0.05, 0.1) is 11.5 Å². The van der Waals surface area contributed by atoms with Crippen LogP contribution in [0.1, 0.15) is 54.5 Å². The molecule has 0 radical (unpaired) electrons.